The van der Waals surface area contributed by atoms with E-state index >= 15 is 0 Å². The van der Waals surface area contributed by atoms with Crippen LogP contribution in [-0.2, 0) is 60.8 Å². The van der Waals surface area contributed by atoms with Gasteiger partial charge in [0, 0.05) is 53.9 Å². The topological polar surface area (TPSA) is 339 Å². The third-order valence-electron chi connectivity index (χ3n) is 23.2. The number of carbonyl (C=O) groups excluding carboxylic acids is 6. The summed E-state index contributed by atoms with van der Waals surface area (Å²) in [4.78, 5) is 76.4. The highest BCUT2D eigenvalue weighted by atomic mass is 16.6. The molecule has 794 valence electrons. The van der Waals surface area contributed by atoms with Crippen LogP contribution in [0.2, 0.25) is 0 Å². The standard InChI is InChI=1S/C118H156N2O26/c1-9-13-27-65-139-113(121)53-45-89-41-49-105(109(75-89)127-5)135-61-35-21-17-31-57-131-99-71-93(72-100(84-99)132-58-32-18-22-36-62-136-106-50-42-90(76-110(106)128-6)46-54-114(122)140-66-28-14-10-2)87-145-103-81-96(118(126)144-70-40-26-25-39-69-143-117(125)95-79-97(119)83-98(120)80-95)82-104(86-103)146-88-94-73-101(133-59-33-19-23-37-63-137-107-51-43-91(77-111(107)129-7)47-55-115(123)141-67-29-15-11-3)85-102(74-94)134-60-34-20-24-38-64-138-108-52-44-92(78-112(108)130-8)48-56-116(124)142-68-30-16-12-4/h41-56,71-86H,9-40,57-70,87-88,119-120H2,1-8H3. The Bertz CT molecular complexity index is 4760. The molecule has 8 aromatic carbocycles. The average Bonchev–Trinajstić information content (AvgIpc) is 0.831. The minimum absolute atomic E-state index is 0.0413. The molecule has 0 bridgehead atoms. The molecule has 0 aliphatic heterocycles. The van der Waals surface area contributed by atoms with Crippen LogP contribution in [0.1, 0.15) is 287 Å². The molecule has 0 saturated heterocycles. The van der Waals surface area contributed by atoms with Gasteiger partial charge in [0.25, 0.3) is 0 Å². The predicted octanol–water partition coefficient (Wildman–Crippen LogP) is 25.7. The first-order valence-corrected chi connectivity index (χ1v) is 52.2. The van der Waals surface area contributed by atoms with Gasteiger partial charge in [0.05, 0.1) is 132 Å². The average molecular weight is 2020 g/mol. The lowest BCUT2D eigenvalue weighted by atomic mass is 10.1. The van der Waals surface area contributed by atoms with E-state index < -0.39 is 11.9 Å². The normalized spacial score (nSPS) is 11.2. The van der Waals surface area contributed by atoms with Crippen molar-refractivity contribution in [2.24, 2.45) is 0 Å². The molecule has 0 atom stereocenters. The molecule has 8 aromatic rings. The van der Waals surface area contributed by atoms with Gasteiger partial charge in [-0.2, -0.15) is 0 Å². The molecule has 8 rings (SSSR count). The molecule has 0 aliphatic carbocycles. The highest BCUT2D eigenvalue weighted by Crippen LogP contribution is 2.36. The highest BCUT2D eigenvalue weighted by Gasteiger charge is 2.19. The van der Waals surface area contributed by atoms with Gasteiger partial charge in [-0.15, -0.1) is 0 Å². The van der Waals surface area contributed by atoms with E-state index in [0.29, 0.717) is 197 Å². The van der Waals surface area contributed by atoms with Crippen LogP contribution in [-0.4, -0.2) is 157 Å². The summed E-state index contributed by atoms with van der Waals surface area (Å²) in [5.41, 5.74) is 17.7. The Balaban J connectivity index is 0.945. The molecule has 0 radical (unpaired) electrons. The number of anilines is 2. The largest absolute Gasteiger partial charge is 0.493 e. The Hall–Kier alpha value is -13.7. The second kappa shape index (κ2) is 71.8. The smallest absolute Gasteiger partial charge is 0.338 e. The third kappa shape index (κ3) is 48.8. The van der Waals surface area contributed by atoms with E-state index in [1.54, 1.807) is 77.0 Å². The fourth-order valence-electron chi connectivity index (χ4n) is 15.1. The van der Waals surface area contributed by atoms with Gasteiger partial charge in [0.15, 0.2) is 46.0 Å². The summed E-state index contributed by atoms with van der Waals surface area (Å²) in [6.45, 7) is 14.0. The number of esters is 6. The quantitative estimate of drug-likeness (QED) is 0.0118. The van der Waals surface area contributed by atoms with Crippen molar-refractivity contribution in [1.82, 2.24) is 0 Å². The first-order valence-electron chi connectivity index (χ1n) is 52.2. The van der Waals surface area contributed by atoms with E-state index in [9.17, 15) is 28.8 Å². The maximum absolute atomic E-state index is 14.3. The van der Waals surface area contributed by atoms with Crippen molar-refractivity contribution in [1.29, 1.82) is 0 Å². The van der Waals surface area contributed by atoms with Crippen LogP contribution in [0.5, 0.6) is 80.5 Å². The SMILES string of the molecule is CCCCCOC(=O)C=Cc1ccc(OCCCCCCOc2cc(COc3cc(OCc4cc(OCCCCCCOc5ccc(C=CC(=O)OCCCCC)cc5OC)cc(OCCCCCCOc5ccc(C=CC(=O)OCCCCC)cc5OC)c4)cc(C(=O)OCCCCCCOC(=O)c4cc(N)cc(N)c4)c3)cc(OCCCCCCOc3ccc(C=CC(=O)OCCCCC)cc3OC)c2)c(OC)c1. The molecule has 28 nitrogen and oxygen atoms in total. The van der Waals surface area contributed by atoms with Gasteiger partial charge in [-0.3, -0.25) is 0 Å². The molecule has 0 unspecified atom stereocenters. The van der Waals surface area contributed by atoms with E-state index in [2.05, 4.69) is 27.7 Å². The number of rotatable bonds is 79. The maximum Gasteiger partial charge on any atom is 0.338 e. The van der Waals surface area contributed by atoms with Crippen LogP contribution in [0.25, 0.3) is 24.3 Å². The fourth-order valence-corrected chi connectivity index (χ4v) is 15.1. The highest BCUT2D eigenvalue weighted by molar-refractivity contribution is 5.93. The lowest BCUT2D eigenvalue weighted by molar-refractivity contribution is -0.138. The Labute approximate surface area is 864 Å². The number of benzene rings is 8. The van der Waals surface area contributed by atoms with Crippen molar-refractivity contribution in [2.45, 2.75) is 246 Å². The number of methoxy groups -OCH3 is 4. The van der Waals surface area contributed by atoms with Gasteiger partial charge in [-0.25, -0.2) is 28.8 Å². The summed E-state index contributed by atoms with van der Waals surface area (Å²) in [7, 11) is 6.35. The molecule has 0 aliphatic rings. The van der Waals surface area contributed by atoms with Crippen molar-refractivity contribution in [2.75, 3.05) is 132 Å². The fraction of sp³-hybridized carbons (Fsp3) is 0.475. The maximum atomic E-state index is 14.3. The molecule has 146 heavy (non-hydrogen) atoms. The van der Waals surface area contributed by atoms with Gasteiger partial charge < -0.3 is 106 Å². The predicted molar refractivity (Wildman–Crippen MR) is 570 cm³/mol. The van der Waals surface area contributed by atoms with Gasteiger partial charge in [-0.05, 0) is 315 Å². The number of nitrogens with two attached hydrogens (primary N) is 2. The number of unbranched alkanes of at least 4 members (excludes halogenated alkanes) is 23. The van der Waals surface area contributed by atoms with Gasteiger partial charge >= 0.3 is 35.8 Å². The molecule has 0 fully saturated rings. The number of nitrogen functional groups attached to an aromatic ring is 2. The molecule has 0 amide bonds. The van der Waals surface area contributed by atoms with Crippen LogP contribution in [0.4, 0.5) is 11.4 Å². The monoisotopic (exact) mass is 2020 g/mol. The number of hydrogen-bond acceptors (Lipinski definition) is 28. The van der Waals surface area contributed by atoms with E-state index in [1.807, 2.05) is 109 Å². The summed E-state index contributed by atoms with van der Waals surface area (Å²) in [6, 6.07) is 43.3. The van der Waals surface area contributed by atoms with Crippen LogP contribution in [0.15, 0.2) is 170 Å². The van der Waals surface area contributed by atoms with Crippen LogP contribution in [0.3, 0.4) is 0 Å². The van der Waals surface area contributed by atoms with E-state index in [4.69, 9.17) is 106 Å². The number of hydrogen-bond donors (Lipinski definition) is 2. The zero-order chi connectivity index (χ0) is 104. The van der Waals surface area contributed by atoms with E-state index in [1.165, 1.54) is 36.4 Å². The van der Waals surface area contributed by atoms with Gasteiger partial charge in [0.1, 0.15) is 47.7 Å². The second-order valence-electron chi connectivity index (χ2n) is 35.4. The molecule has 0 saturated carbocycles. The number of carbonyl (C=O) groups is 6. The number of ether oxygens (including phenoxy) is 20. The lowest BCUT2D eigenvalue weighted by Gasteiger charge is -2.16. The summed E-state index contributed by atoms with van der Waals surface area (Å²) in [5.74, 6) is 5.06. The summed E-state index contributed by atoms with van der Waals surface area (Å²) < 4.78 is 120. The summed E-state index contributed by atoms with van der Waals surface area (Å²) >= 11 is 0. The molecule has 28 heteroatoms. The molecular weight excluding hydrogens is 1860 g/mol. The molecule has 0 heterocycles. The van der Waals surface area contributed by atoms with Gasteiger partial charge in [-0.1, -0.05) is 103 Å². The first-order chi connectivity index (χ1) is 71.4. The Kier molecular flexibility index (Phi) is 57.8. The third-order valence-corrected chi connectivity index (χ3v) is 23.2. The minimum Gasteiger partial charge on any atom is -0.493 e. The minimum atomic E-state index is -0.584. The Morgan fingerprint density at radius 3 is 0.685 bits per heavy atom. The lowest BCUT2D eigenvalue weighted by Crippen LogP contribution is -2.09. The van der Waals surface area contributed by atoms with Crippen molar-refractivity contribution < 1.29 is 124 Å². The zero-order valence-corrected chi connectivity index (χ0v) is 87.2. The van der Waals surface area contributed by atoms with Crippen LogP contribution < -0.4 is 77.8 Å². The summed E-state index contributed by atoms with van der Waals surface area (Å²) in [6.07, 6.45) is 39.8. The zero-order valence-electron chi connectivity index (χ0n) is 87.2. The Morgan fingerprint density at radius 2 is 0.438 bits per heavy atom. The molecule has 0 aromatic heterocycles. The van der Waals surface area contributed by atoms with Crippen molar-refractivity contribution in [3.63, 3.8) is 0 Å². The Morgan fingerprint density at radius 1 is 0.219 bits per heavy atom. The molecular formula is C118H156N2O26. The van der Waals surface area contributed by atoms with Crippen molar-refractivity contribution >= 4 is 71.5 Å². The van der Waals surface area contributed by atoms with E-state index in [0.717, 1.165) is 213 Å². The molecule has 0 spiro atoms. The van der Waals surface area contributed by atoms with Crippen molar-refractivity contribution in [3.05, 3.63) is 214 Å². The van der Waals surface area contributed by atoms with Gasteiger partial charge in [0.2, 0.25) is 0 Å². The van der Waals surface area contributed by atoms with E-state index in [-0.39, 0.29) is 61.4 Å². The summed E-state index contributed by atoms with van der Waals surface area (Å²) in [5, 5.41) is 0. The second-order valence-corrected chi connectivity index (χ2v) is 35.4. The van der Waals surface area contributed by atoms with Crippen molar-refractivity contribution in [3.8, 4) is 80.5 Å². The van der Waals surface area contributed by atoms with Crippen LogP contribution in [0, 0.1) is 0 Å². The van der Waals surface area contributed by atoms with Crippen LogP contribution >= 0.6 is 0 Å². The molecule has 4 N–H and O–H groups in total. The first kappa shape index (κ1) is 118.